The van der Waals surface area contributed by atoms with Gasteiger partial charge < -0.3 is 15.7 Å². The van der Waals surface area contributed by atoms with Crippen LogP contribution in [0.15, 0.2) is 54.7 Å². The number of amides is 2. The lowest BCUT2D eigenvalue weighted by Gasteiger charge is -2.22. The van der Waals surface area contributed by atoms with E-state index in [2.05, 4.69) is 20.7 Å². The van der Waals surface area contributed by atoms with E-state index in [9.17, 15) is 41.0 Å². The van der Waals surface area contributed by atoms with Crippen LogP contribution in [0.3, 0.4) is 0 Å². The van der Waals surface area contributed by atoms with Gasteiger partial charge in [-0.3, -0.25) is 19.3 Å². The van der Waals surface area contributed by atoms with Gasteiger partial charge in [0.15, 0.2) is 5.69 Å². The number of fused-ring (bicyclic) bond motifs is 3. The summed E-state index contributed by atoms with van der Waals surface area (Å²) in [6.07, 6.45) is -4.41. The number of carbonyl (C=O) groups is 2. The van der Waals surface area contributed by atoms with Gasteiger partial charge in [-0.05, 0) is 66.1 Å². The zero-order chi connectivity index (χ0) is 32.2. The van der Waals surface area contributed by atoms with Crippen molar-refractivity contribution in [3.63, 3.8) is 0 Å². The molecule has 0 saturated heterocycles. The second-order valence-electron chi connectivity index (χ2n) is 11.1. The van der Waals surface area contributed by atoms with E-state index in [0.717, 1.165) is 22.9 Å². The van der Waals surface area contributed by atoms with Gasteiger partial charge in [-0.2, -0.15) is 18.3 Å². The monoisotopic (exact) mass is 629 g/mol. The Morgan fingerprint density at radius 2 is 1.82 bits per heavy atom. The Balaban J connectivity index is 1.37. The van der Waals surface area contributed by atoms with E-state index in [0.29, 0.717) is 23.6 Å². The molecule has 4 atom stereocenters. The van der Waals surface area contributed by atoms with Crippen molar-refractivity contribution in [1.82, 2.24) is 25.4 Å². The highest BCUT2D eigenvalue weighted by molar-refractivity contribution is 5.95. The minimum Gasteiger partial charge on any atom is -0.386 e. The fourth-order valence-electron chi connectivity index (χ4n) is 6.09. The quantitative estimate of drug-likeness (QED) is 0.238. The number of nitrogens with zero attached hydrogens (tertiary/aromatic N) is 3. The van der Waals surface area contributed by atoms with E-state index in [-0.39, 0.29) is 40.4 Å². The average molecular weight is 630 g/mol. The van der Waals surface area contributed by atoms with Gasteiger partial charge in [0.05, 0.1) is 29.1 Å². The molecule has 14 heteroatoms. The van der Waals surface area contributed by atoms with E-state index >= 15 is 0 Å². The molecule has 0 bridgehead atoms. The Labute approximate surface area is 252 Å². The second-order valence-corrected chi connectivity index (χ2v) is 11.1. The van der Waals surface area contributed by atoms with Crippen molar-refractivity contribution < 1.29 is 41.0 Å². The lowest BCUT2D eigenvalue weighted by atomic mass is 9.94. The third-order valence-corrected chi connectivity index (χ3v) is 8.10. The number of rotatable bonds is 8. The normalized spacial score (nSPS) is 19.1. The van der Waals surface area contributed by atoms with Crippen LogP contribution in [-0.2, 0) is 23.9 Å². The summed E-state index contributed by atoms with van der Waals surface area (Å²) in [7, 11) is 1.34. The van der Waals surface area contributed by atoms with Crippen molar-refractivity contribution >= 4 is 11.8 Å². The van der Waals surface area contributed by atoms with E-state index in [1.807, 2.05) is 0 Å². The van der Waals surface area contributed by atoms with Crippen LogP contribution in [-0.4, -0.2) is 38.7 Å². The molecule has 3 N–H and O–H groups in total. The Morgan fingerprint density at radius 3 is 2.51 bits per heavy atom. The molecule has 2 aromatic heterocycles. The molecular weight excluding hydrogens is 604 g/mol. The number of pyridine rings is 1. The van der Waals surface area contributed by atoms with E-state index in [4.69, 9.17) is 0 Å². The number of aliphatic hydroxyl groups is 1. The molecule has 234 valence electrons. The molecule has 8 nitrogen and oxygen atoms in total. The molecule has 2 aliphatic rings. The van der Waals surface area contributed by atoms with Crippen LogP contribution < -0.4 is 10.6 Å². The Bertz CT molecular complexity index is 1800. The minimum atomic E-state index is -4.79. The largest absolute Gasteiger partial charge is 0.435 e. The first-order valence-electron chi connectivity index (χ1n) is 13.9. The maximum absolute atomic E-state index is 14.4. The van der Waals surface area contributed by atoms with Gasteiger partial charge in [0.2, 0.25) is 5.91 Å². The molecular formula is C31H25F6N5O3. The number of hydrogen-bond donors (Lipinski definition) is 3. The van der Waals surface area contributed by atoms with Crippen LogP contribution in [0.5, 0.6) is 0 Å². The summed E-state index contributed by atoms with van der Waals surface area (Å²) in [5, 5.41) is 19.3. The summed E-state index contributed by atoms with van der Waals surface area (Å²) in [5.41, 5.74) is -0.575. The molecule has 6 rings (SSSR count). The Kier molecular flexibility index (Phi) is 7.63. The molecule has 0 unspecified atom stereocenters. The predicted octanol–water partition coefficient (Wildman–Crippen LogP) is 4.99. The highest BCUT2D eigenvalue weighted by atomic mass is 19.4. The summed E-state index contributed by atoms with van der Waals surface area (Å²) in [5.74, 6) is -4.88. The van der Waals surface area contributed by atoms with Crippen molar-refractivity contribution in [3.05, 3.63) is 106 Å². The summed E-state index contributed by atoms with van der Waals surface area (Å²) in [4.78, 5) is 30.1. The van der Waals surface area contributed by atoms with E-state index in [1.54, 1.807) is 12.1 Å². The van der Waals surface area contributed by atoms with Gasteiger partial charge in [0.1, 0.15) is 24.0 Å². The summed E-state index contributed by atoms with van der Waals surface area (Å²) in [6.45, 7) is -0.692. The van der Waals surface area contributed by atoms with E-state index < -0.39 is 65.7 Å². The third-order valence-electron chi connectivity index (χ3n) is 8.10. The first-order valence-corrected chi connectivity index (χ1v) is 13.9. The fraction of sp³-hybridized carbons (Fsp3) is 0.290. The smallest absolute Gasteiger partial charge is 0.386 e. The SMILES string of the molecule is CNC(=O)c1cc(-c2cccnc2[C@H](Cc2cc(F)cc(F)c2)NC(=O)Cn2nc(C(F)(F)F)c3c2[C@H](O)[C@H]2C[C@@H]32)ccc1F. The number of alkyl halides is 3. The standard InChI is InChI=1S/C31H25F6N5O3/c1-38-30(45)21-10-15(4-5-22(21)34)18-3-2-6-39-26(18)23(9-14-7-16(32)11-17(33)8-14)40-24(43)13-42-27-25(19-12-20(19)28(27)44)29(41-42)31(35,36)37/h2-8,10-11,19-20,23,28,44H,9,12-13H2,1H3,(H,38,45)(H,40,43)/t19-,20+,23+,28-/m1/s1. The number of hydrogen-bond acceptors (Lipinski definition) is 5. The van der Waals surface area contributed by atoms with Gasteiger partial charge >= 0.3 is 6.18 Å². The van der Waals surface area contributed by atoms with Crippen LogP contribution in [0.25, 0.3) is 11.1 Å². The van der Waals surface area contributed by atoms with Gasteiger partial charge in [0, 0.05) is 30.4 Å². The van der Waals surface area contributed by atoms with Gasteiger partial charge in [-0.15, -0.1) is 0 Å². The number of halogens is 6. The molecule has 1 saturated carbocycles. The van der Waals surface area contributed by atoms with Crippen LogP contribution in [0.2, 0.25) is 0 Å². The lowest BCUT2D eigenvalue weighted by Crippen LogP contribution is -2.34. The number of aromatic nitrogens is 3. The molecule has 2 aliphatic carbocycles. The lowest BCUT2D eigenvalue weighted by molar-refractivity contribution is -0.142. The van der Waals surface area contributed by atoms with Crippen molar-refractivity contribution in [1.29, 1.82) is 0 Å². The zero-order valence-corrected chi connectivity index (χ0v) is 23.5. The molecule has 2 amide bonds. The molecule has 1 fully saturated rings. The van der Waals surface area contributed by atoms with Gasteiger partial charge in [-0.25, -0.2) is 13.2 Å². The molecule has 2 heterocycles. The maximum atomic E-state index is 14.4. The van der Waals surface area contributed by atoms with E-state index in [1.165, 1.54) is 25.4 Å². The zero-order valence-electron chi connectivity index (χ0n) is 23.5. The van der Waals surface area contributed by atoms with Crippen LogP contribution in [0.4, 0.5) is 26.3 Å². The van der Waals surface area contributed by atoms with Crippen molar-refractivity contribution in [3.8, 4) is 11.1 Å². The van der Waals surface area contributed by atoms with Crippen LogP contribution in [0, 0.1) is 23.4 Å². The first kappa shape index (κ1) is 30.3. The molecule has 0 spiro atoms. The Morgan fingerprint density at radius 1 is 1.09 bits per heavy atom. The predicted molar refractivity (Wildman–Crippen MR) is 147 cm³/mol. The highest BCUT2D eigenvalue weighted by Gasteiger charge is 2.58. The number of aliphatic hydroxyl groups excluding tert-OH is 1. The van der Waals surface area contributed by atoms with Gasteiger partial charge in [0.25, 0.3) is 5.91 Å². The van der Waals surface area contributed by atoms with Gasteiger partial charge in [-0.1, -0.05) is 12.1 Å². The number of carbonyl (C=O) groups excluding carboxylic acids is 2. The molecule has 4 aromatic rings. The topological polar surface area (TPSA) is 109 Å². The maximum Gasteiger partial charge on any atom is 0.435 e. The number of nitrogens with one attached hydrogen (secondary N) is 2. The average Bonchev–Trinajstić information content (AvgIpc) is 3.60. The highest BCUT2D eigenvalue weighted by Crippen LogP contribution is 2.63. The number of benzene rings is 2. The summed E-state index contributed by atoms with van der Waals surface area (Å²) < 4.78 is 85.0. The molecule has 45 heavy (non-hydrogen) atoms. The molecule has 0 radical (unpaired) electrons. The molecule has 0 aliphatic heterocycles. The van der Waals surface area contributed by atoms with Crippen LogP contribution >= 0.6 is 0 Å². The summed E-state index contributed by atoms with van der Waals surface area (Å²) in [6, 6.07) is 8.60. The second kappa shape index (κ2) is 11.3. The Hall–Kier alpha value is -4.72. The minimum absolute atomic E-state index is 0.0611. The molecule has 2 aromatic carbocycles. The van der Waals surface area contributed by atoms with Crippen LogP contribution in [0.1, 0.15) is 63.1 Å². The van der Waals surface area contributed by atoms with Crippen molar-refractivity contribution in [2.24, 2.45) is 5.92 Å². The van der Waals surface area contributed by atoms with Crippen molar-refractivity contribution in [2.75, 3.05) is 7.05 Å². The summed E-state index contributed by atoms with van der Waals surface area (Å²) >= 11 is 0. The van der Waals surface area contributed by atoms with Crippen molar-refractivity contribution in [2.45, 2.75) is 43.6 Å². The fourth-order valence-corrected chi connectivity index (χ4v) is 6.09. The third kappa shape index (κ3) is 5.77. The first-order chi connectivity index (χ1) is 21.3.